The summed E-state index contributed by atoms with van der Waals surface area (Å²) in [4.78, 5) is 4.45. The lowest BCUT2D eigenvalue weighted by Gasteiger charge is -2.01. The van der Waals surface area contributed by atoms with E-state index < -0.39 is 0 Å². The second-order valence-corrected chi connectivity index (χ2v) is 4.47. The van der Waals surface area contributed by atoms with E-state index in [1.54, 1.807) is 10.5 Å². The zero-order valence-electron chi connectivity index (χ0n) is 10.6. The molecule has 2 heterocycles. The number of aromatic nitrogens is 2. The van der Waals surface area contributed by atoms with Crippen molar-refractivity contribution in [3.63, 3.8) is 0 Å². The monoisotopic (exact) mass is 255 g/mol. The molecule has 96 valence electrons. The van der Waals surface area contributed by atoms with Gasteiger partial charge in [-0.05, 0) is 24.1 Å². The van der Waals surface area contributed by atoms with Crippen LogP contribution in [0.1, 0.15) is 12.5 Å². The quantitative estimate of drug-likeness (QED) is 0.763. The highest BCUT2D eigenvalue weighted by Gasteiger charge is 2.11. The summed E-state index contributed by atoms with van der Waals surface area (Å²) in [6.45, 7) is 2.11. The number of rotatable bonds is 2. The van der Waals surface area contributed by atoms with Gasteiger partial charge in [-0.2, -0.15) is 0 Å². The molecule has 0 atom stereocenters. The Morgan fingerprint density at radius 1 is 1.16 bits per heavy atom. The van der Waals surface area contributed by atoms with Crippen LogP contribution in [0.3, 0.4) is 0 Å². The molecule has 0 radical (unpaired) electrons. The standard InChI is InChI=1S/C15H14FN3/c1-2-10-3-5-11(6-4-10)14-15(17)19-9-12(16)7-8-13(19)18-14/h3-9H,2,17H2,1H3. The maximum absolute atomic E-state index is 13.2. The van der Waals surface area contributed by atoms with Gasteiger partial charge in [0.05, 0.1) is 0 Å². The van der Waals surface area contributed by atoms with E-state index in [4.69, 9.17) is 5.73 Å². The van der Waals surface area contributed by atoms with E-state index in [1.165, 1.54) is 17.8 Å². The number of nitrogens with zero attached hydrogens (tertiary/aromatic N) is 2. The lowest BCUT2D eigenvalue weighted by molar-refractivity contribution is 0.619. The number of hydrogen-bond acceptors (Lipinski definition) is 2. The minimum Gasteiger partial charge on any atom is -0.383 e. The van der Waals surface area contributed by atoms with E-state index in [0.717, 1.165) is 12.0 Å². The molecule has 3 rings (SSSR count). The predicted molar refractivity (Wildman–Crippen MR) is 74.4 cm³/mol. The molecule has 2 aromatic heterocycles. The molecule has 1 aromatic carbocycles. The van der Waals surface area contributed by atoms with E-state index in [0.29, 0.717) is 17.2 Å². The van der Waals surface area contributed by atoms with Crippen LogP contribution in [0.2, 0.25) is 0 Å². The Kier molecular flexibility index (Phi) is 2.71. The molecule has 4 heteroatoms. The highest BCUT2D eigenvalue weighted by molar-refractivity contribution is 5.74. The van der Waals surface area contributed by atoms with Crippen LogP contribution in [0.4, 0.5) is 10.2 Å². The van der Waals surface area contributed by atoms with Gasteiger partial charge in [0.1, 0.15) is 23.0 Å². The molecule has 0 saturated heterocycles. The summed E-state index contributed by atoms with van der Waals surface area (Å²) < 4.78 is 14.8. The van der Waals surface area contributed by atoms with Crippen molar-refractivity contribution in [3.05, 3.63) is 54.0 Å². The summed E-state index contributed by atoms with van der Waals surface area (Å²) in [7, 11) is 0. The third kappa shape index (κ3) is 1.95. The van der Waals surface area contributed by atoms with Crippen molar-refractivity contribution in [1.82, 2.24) is 9.38 Å². The van der Waals surface area contributed by atoms with Gasteiger partial charge in [0.2, 0.25) is 0 Å². The maximum Gasteiger partial charge on any atom is 0.140 e. The summed E-state index contributed by atoms with van der Waals surface area (Å²) in [5.41, 5.74) is 9.58. The first-order valence-electron chi connectivity index (χ1n) is 6.21. The molecule has 0 aliphatic heterocycles. The number of aryl methyl sites for hydroxylation is 1. The summed E-state index contributed by atoms with van der Waals surface area (Å²) in [5.74, 6) is 0.128. The largest absolute Gasteiger partial charge is 0.383 e. The van der Waals surface area contributed by atoms with Crippen molar-refractivity contribution < 1.29 is 4.39 Å². The molecule has 0 aliphatic carbocycles. The molecule has 3 aromatic rings. The van der Waals surface area contributed by atoms with Crippen LogP contribution in [0.25, 0.3) is 16.9 Å². The summed E-state index contributed by atoms with van der Waals surface area (Å²) >= 11 is 0. The Morgan fingerprint density at radius 2 is 1.89 bits per heavy atom. The third-order valence-electron chi connectivity index (χ3n) is 3.26. The number of fused-ring (bicyclic) bond motifs is 1. The van der Waals surface area contributed by atoms with Crippen LogP contribution in [0.15, 0.2) is 42.6 Å². The summed E-state index contributed by atoms with van der Waals surface area (Å²) in [6, 6.07) is 11.1. The molecular weight excluding hydrogens is 241 g/mol. The topological polar surface area (TPSA) is 43.3 Å². The van der Waals surface area contributed by atoms with Gasteiger partial charge >= 0.3 is 0 Å². The second kappa shape index (κ2) is 4.39. The van der Waals surface area contributed by atoms with Crippen LogP contribution < -0.4 is 5.73 Å². The molecule has 0 aliphatic rings. The van der Waals surface area contributed by atoms with Gasteiger partial charge in [-0.15, -0.1) is 0 Å². The van der Waals surface area contributed by atoms with Crippen LogP contribution in [-0.2, 0) is 6.42 Å². The van der Waals surface area contributed by atoms with E-state index in [2.05, 4.69) is 24.0 Å². The minimum absolute atomic E-state index is 0.329. The van der Waals surface area contributed by atoms with E-state index in [1.807, 2.05) is 12.1 Å². The second-order valence-electron chi connectivity index (χ2n) is 4.47. The average molecular weight is 255 g/mol. The number of nitrogen functional groups attached to an aromatic ring is 1. The Labute approximate surface area is 110 Å². The van der Waals surface area contributed by atoms with Crippen LogP contribution in [0, 0.1) is 5.82 Å². The Hall–Kier alpha value is -2.36. The molecule has 19 heavy (non-hydrogen) atoms. The third-order valence-corrected chi connectivity index (χ3v) is 3.26. The van der Waals surface area contributed by atoms with Crippen molar-refractivity contribution in [2.75, 3.05) is 5.73 Å². The minimum atomic E-state index is -0.329. The Morgan fingerprint density at radius 3 is 2.58 bits per heavy atom. The van der Waals surface area contributed by atoms with Gasteiger partial charge in [0, 0.05) is 11.8 Å². The first-order chi connectivity index (χ1) is 9.19. The van der Waals surface area contributed by atoms with Gasteiger partial charge in [0.15, 0.2) is 0 Å². The number of pyridine rings is 1. The molecule has 0 spiro atoms. The van der Waals surface area contributed by atoms with Crippen molar-refractivity contribution in [2.24, 2.45) is 0 Å². The van der Waals surface area contributed by atoms with Crippen molar-refractivity contribution in [2.45, 2.75) is 13.3 Å². The fourth-order valence-corrected chi connectivity index (χ4v) is 2.15. The van der Waals surface area contributed by atoms with Crippen molar-refractivity contribution in [1.29, 1.82) is 0 Å². The fourth-order valence-electron chi connectivity index (χ4n) is 2.15. The van der Waals surface area contributed by atoms with Crippen molar-refractivity contribution in [3.8, 4) is 11.3 Å². The molecule has 0 unspecified atom stereocenters. The molecule has 2 N–H and O–H groups in total. The predicted octanol–water partition coefficient (Wildman–Crippen LogP) is 3.29. The van der Waals surface area contributed by atoms with Gasteiger partial charge in [-0.3, -0.25) is 4.40 Å². The van der Waals surface area contributed by atoms with Crippen LogP contribution in [0.5, 0.6) is 0 Å². The molecule has 0 amide bonds. The highest BCUT2D eigenvalue weighted by atomic mass is 19.1. The number of halogens is 1. The first-order valence-corrected chi connectivity index (χ1v) is 6.21. The number of anilines is 1. The molecular formula is C15H14FN3. The van der Waals surface area contributed by atoms with E-state index in [-0.39, 0.29) is 5.82 Å². The smallest absolute Gasteiger partial charge is 0.140 e. The summed E-state index contributed by atoms with van der Waals surface area (Å²) in [6.07, 6.45) is 2.34. The summed E-state index contributed by atoms with van der Waals surface area (Å²) in [5, 5.41) is 0. The van der Waals surface area contributed by atoms with E-state index >= 15 is 0 Å². The molecule has 0 fully saturated rings. The number of hydrogen-bond donors (Lipinski definition) is 1. The first kappa shape index (κ1) is 11.7. The number of benzene rings is 1. The Balaban J connectivity index is 2.16. The zero-order chi connectivity index (χ0) is 13.4. The molecule has 0 bridgehead atoms. The van der Waals surface area contributed by atoms with Gasteiger partial charge in [-0.1, -0.05) is 31.2 Å². The zero-order valence-corrected chi connectivity index (χ0v) is 10.6. The highest BCUT2D eigenvalue weighted by Crippen LogP contribution is 2.26. The van der Waals surface area contributed by atoms with Crippen LogP contribution >= 0.6 is 0 Å². The normalized spacial score (nSPS) is 11.1. The molecule has 0 saturated carbocycles. The maximum atomic E-state index is 13.2. The Bertz CT molecular complexity index is 729. The molecule has 3 nitrogen and oxygen atoms in total. The fraction of sp³-hybridized carbons (Fsp3) is 0.133. The number of imidazole rings is 1. The van der Waals surface area contributed by atoms with Crippen LogP contribution in [-0.4, -0.2) is 9.38 Å². The van der Waals surface area contributed by atoms with Gasteiger partial charge < -0.3 is 5.73 Å². The lowest BCUT2D eigenvalue weighted by atomic mass is 10.1. The van der Waals surface area contributed by atoms with Crippen molar-refractivity contribution >= 4 is 11.5 Å². The lowest BCUT2D eigenvalue weighted by Crippen LogP contribution is -1.94. The SMILES string of the molecule is CCc1ccc(-c2nc3ccc(F)cn3c2N)cc1. The average Bonchev–Trinajstić information content (AvgIpc) is 2.76. The van der Waals surface area contributed by atoms with Gasteiger partial charge in [-0.25, -0.2) is 9.37 Å². The van der Waals surface area contributed by atoms with Gasteiger partial charge in [0.25, 0.3) is 0 Å². The number of nitrogens with two attached hydrogens (primary N) is 1. The van der Waals surface area contributed by atoms with E-state index in [9.17, 15) is 4.39 Å².